The minimum Gasteiger partial charge on any atom is -0.379 e. The van der Waals surface area contributed by atoms with Crippen LogP contribution < -0.4 is 10.2 Å². The first-order valence-corrected chi connectivity index (χ1v) is 10.8. The van der Waals surface area contributed by atoms with E-state index in [9.17, 15) is 4.39 Å². The predicted molar refractivity (Wildman–Crippen MR) is 120 cm³/mol. The molecular formula is C23H27FN4S. The third kappa shape index (κ3) is 4.60. The number of rotatable bonds is 6. The smallest absolute Gasteiger partial charge is 0.126 e. The molecule has 152 valence electrons. The van der Waals surface area contributed by atoms with Crippen LogP contribution in [0.4, 0.5) is 15.8 Å². The molecule has 0 amide bonds. The minimum absolute atomic E-state index is 0.188. The van der Waals surface area contributed by atoms with Crippen molar-refractivity contribution in [2.24, 2.45) is 0 Å². The Morgan fingerprint density at radius 3 is 2.69 bits per heavy atom. The van der Waals surface area contributed by atoms with E-state index < -0.39 is 0 Å². The van der Waals surface area contributed by atoms with Gasteiger partial charge in [0, 0.05) is 41.4 Å². The number of nitrogens with zero attached hydrogens (tertiary/aromatic N) is 3. The Morgan fingerprint density at radius 1 is 1.21 bits per heavy atom. The molecule has 4 nitrogen and oxygen atoms in total. The van der Waals surface area contributed by atoms with Gasteiger partial charge in [-0.2, -0.15) is 0 Å². The summed E-state index contributed by atoms with van der Waals surface area (Å²) in [6.07, 6.45) is 1.21. The summed E-state index contributed by atoms with van der Waals surface area (Å²) < 4.78 is 13.8. The summed E-state index contributed by atoms with van der Waals surface area (Å²) in [7, 11) is 4.31. The summed E-state index contributed by atoms with van der Waals surface area (Å²) in [5.74, 6) is -0.188. The van der Waals surface area contributed by atoms with E-state index in [0.717, 1.165) is 35.0 Å². The maximum Gasteiger partial charge on any atom is 0.126 e. The molecule has 1 aromatic heterocycles. The molecule has 0 spiro atoms. The Balaban J connectivity index is 1.35. The first kappa shape index (κ1) is 19.9. The summed E-state index contributed by atoms with van der Waals surface area (Å²) in [5.41, 5.74) is 4.80. The van der Waals surface area contributed by atoms with Crippen LogP contribution in [0.25, 0.3) is 10.6 Å². The molecule has 1 fully saturated rings. The van der Waals surface area contributed by atoms with E-state index in [1.165, 1.54) is 12.1 Å². The Hall–Kier alpha value is -2.44. The van der Waals surface area contributed by atoms with E-state index in [4.69, 9.17) is 0 Å². The van der Waals surface area contributed by atoms with E-state index in [0.29, 0.717) is 18.2 Å². The average molecular weight is 411 g/mol. The quantitative estimate of drug-likeness (QED) is 0.619. The van der Waals surface area contributed by atoms with Crippen LogP contribution in [0.2, 0.25) is 0 Å². The van der Waals surface area contributed by atoms with Crippen LogP contribution >= 0.6 is 11.3 Å². The second-order valence-corrected chi connectivity index (χ2v) is 8.72. The molecule has 0 radical (unpaired) electrons. The number of hydrogen-bond donors (Lipinski definition) is 1. The van der Waals surface area contributed by atoms with Gasteiger partial charge in [-0.3, -0.25) is 0 Å². The van der Waals surface area contributed by atoms with Gasteiger partial charge in [-0.05, 0) is 63.3 Å². The molecule has 1 saturated heterocycles. The summed E-state index contributed by atoms with van der Waals surface area (Å²) >= 11 is 1.55. The maximum atomic E-state index is 13.8. The fourth-order valence-electron chi connectivity index (χ4n) is 3.63. The predicted octanol–water partition coefficient (Wildman–Crippen LogP) is 5.01. The number of likely N-dealkylation sites (N-methyl/N-ethyl adjacent to an activating group) is 1. The topological polar surface area (TPSA) is 31.4 Å². The molecular weight excluding hydrogens is 383 g/mol. The monoisotopic (exact) mass is 410 g/mol. The number of aromatic nitrogens is 1. The lowest BCUT2D eigenvalue weighted by Gasteiger charge is -2.22. The summed E-state index contributed by atoms with van der Waals surface area (Å²) in [5, 5.41) is 6.31. The lowest BCUT2D eigenvalue weighted by Crippen LogP contribution is -2.31. The number of thiazole rings is 1. The molecule has 6 heteroatoms. The third-order valence-corrected chi connectivity index (χ3v) is 6.51. The van der Waals surface area contributed by atoms with Crippen molar-refractivity contribution < 1.29 is 4.39 Å². The van der Waals surface area contributed by atoms with E-state index >= 15 is 0 Å². The minimum atomic E-state index is -0.188. The van der Waals surface area contributed by atoms with Gasteiger partial charge < -0.3 is 15.1 Å². The summed E-state index contributed by atoms with van der Waals surface area (Å²) in [4.78, 5) is 9.40. The number of halogens is 1. The molecule has 1 aliphatic heterocycles. The zero-order valence-electron chi connectivity index (χ0n) is 17.2. The van der Waals surface area contributed by atoms with Crippen molar-refractivity contribution >= 4 is 22.7 Å². The lowest BCUT2D eigenvalue weighted by atomic mass is 10.1. The van der Waals surface area contributed by atoms with Gasteiger partial charge in [0.1, 0.15) is 10.8 Å². The highest BCUT2D eigenvalue weighted by atomic mass is 32.1. The van der Waals surface area contributed by atoms with Crippen molar-refractivity contribution in [2.45, 2.75) is 25.9 Å². The van der Waals surface area contributed by atoms with Crippen molar-refractivity contribution in [3.05, 3.63) is 64.9 Å². The highest BCUT2D eigenvalue weighted by molar-refractivity contribution is 7.13. The molecule has 29 heavy (non-hydrogen) atoms. The van der Waals surface area contributed by atoms with Gasteiger partial charge in [-0.25, -0.2) is 9.37 Å². The molecule has 2 aromatic carbocycles. The second kappa shape index (κ2) is 8.51. The molecule has 1 N–H and O–H groups in total. The number of hydrogen-bond acceptors (Lipinski definition) is 5. The lowest BCUT2D eigenvalue weighted by molar-refractivity contribution is 0.315. The highest BCUT2D eigenvalue weighted by Crippen LogP contribution is 2.27. The Kier molecular flexibility index (Phi) is 5.83. The van der Waals surface area contributed by atoms with Crippen LogP contribution in [-0.2, 0) is 6.54 Å². The molecule has 2 heterocycles. The molecule has 3 aromatic rings. The van der Waals surface area contributed by atoms with Crippen molar-refractivity contribution in [1.29, 1.82) is 0 Å². The second-order valence-electron chi connectivity index (χ2n) is 7.86. The van der Waals surface area contributed by atoms with E-state index in [2.05, 4.69) is 58.5 Å². The molecule has 1 unspecified atom stereocenters. The van der Waals surface area contributed by atoms with Crippen molar-refractivity contribution in [3.8, 4) is 10.6 Å². The van der Waals surface area contributed by atoms with Crippen molar-refractivity contribution in [1.82, 2.24) is 9.88 Å². The van der Waals surface area contributed by atoms with Gasteiger partial charge in [-0.15, -0.1) is 11.3 Å². The summed E-state index contributed by atoms with van der Waals surface area (Å²) in [6.45, 7) is 4.61. The molecule has 1 aliphatic rings. The van der Waals surface area contributed by atoms with Crippen LogP contribution in [0.1, 0.15) is 17.7 Å². The van der Waals surface area contributed by atoms with Crippen molar-refractivity contribution in [2.75, 3.05) is 37.4 Å². The SMILES string of the molecule is Cc1ccc(-c2nc(CNc3ccc(N4CCC(N(C)C)C4)cc3)cs2)cc1F. The summed E-state index contributed by atoms with van der Waals surface area (Å²) in [6, 6.07) is 14.5. The van der Waals surface area contributed by atoms with E-state index in [1.807, 2.05) is 11.4 Å². The maximum absolute atomic E-state index is 13.8. The average Bonchev–Trinajstić information content (AvgIpc) is 3.39. The standard InChI is InChI=1S/C23H27FN4S/c1-16-4-5-17(12-22(16)24)23-26-19(15-29-23)13-25-18-6-8-20(9-7-18)28-11-10-21(14-28)27(2)3/h4-9,12,15,21,25H,10-11,13-14H2,1-3H3. The first-order valence-electron chi connectivity index (χ1n) is 9.96. The zero-order valence-corrected chi connectivity index (χ0v) is 18.0. The van der Waals surface area contributed by atoms with Gasteiger partial charge in [0.2, 0.25) is 0 Å². The van der Waals surface area contributed by atoms with Crippen LogP contribution in [0, 0.1) is 12.7 Å². The van der Waals surface area contributed by atoms with Crippen molar-refractivity contribution in [3.63, 3.8) is 0 Å². The Bertz CT molecular complexity index is 967. The largest absolute Gasteiger partial charge is 0.379 e. The van der Waals surface area contributed by atoms with Gasteiger partial charge in [0.25, 0.3) is 0 Å². The number of nitrogens with one attached hydrogen (secondary N) is 1. The van der Waals surface area contributed by atoms with E-state index in [1.54, 1.807) is 30.4 Å². The van der Waals surface area contributed by atoms with Crippen LogP contribution in [-0.4, -0.2) is 43.1 Å². The first-order chi connectivity index (χ1) is 14.0. The molecule has 0 aliphatic carbocycles. The van der Waals surface area contributed by atoms with Crippen LogP contribution in [0.15, 0.2) is 47.8 Å². The van der Waals surface area contributed by atoms with Crippen LogP contribution in [0.3, 0.4) is 0 Å². The Labute approximate surface area is 176 Å². The fraction of sp³-hybridized carbons (Fsp3) is 0.348. The molecule has 0 bridgehead atoms. The van der Waals surface area contributed by atoms with Gasteiger partial charge in [0.15, 0.2) is 0 Å². The Morgan fingerprint density at radius 2 is 2.00 bits per heavy atom. The normalized spacial score (nSPS) is 16.6. The number of anilines is 2. The molecule has 0 saturated carbocycles. The molecule has 1 atom stereocenters. The highest BCUT2D eigenvalue weighted by Gasteiger charge is 2.23. The third-order valence-electron chi connectivity index (χ3n) is 5.57. The number of benzene rings is 2. The van der Waals surface area contributed by atoms with Crippen LogP contribution in [0.5, 0.6) is 0 Å². The molecule has 4 rings (SSSR count). The number of aryl methyl sites for hydroxylation is 1. The zero-order chi connectivity index (χ0) is 20.4. The fourth-order valence-corrected chi connectivity index (χ4v) is 4.44. The van der Waals surface area contributed by atoms with Gasteiger partial charge >= 0.3 is 0 Å². The van der Waals surface area contributed by atoms with Gasteiger partial charge in [0.05, 0.1) is 12.2 Å². The van der Waals surface area contributed by atoms with E-state index in [-0.39, 0.29) is 5.82 Å². The van der Waals surface area contributed by atoms with Gasteiger partial charge in [-0.1, -0.05) is 12.1 Å².